The molecule has 2 saturated heterocycles. The monoisotopic (exact) mass is 428 g/mol. The summed E-state index contributed by atoms with van der Waals surface area (Å²) in [5.41, 5.74) is 4.71. The van der Waals surface area contributed by atoms with Gasteiger partial charge in [-0.05, 0) is 86.3 Å². The first-order chi connectivity index (χ1) is 15.7. The van der Waals surface area contributed by atoms with E-state index in [1.54, 1.807) is 24.5 Å². The number of piperidine rings is 1. The smallest absolute Gasteiger partial charge is 0.155 e. The van der Waals surface area contributed by atoms with Crippen molar-refractivity contribution < 1.29 is 4.39 Å². The molecule has 2 aliphatic heterocycles. The van der Waals surface area contributed by atoms with Crippen molar-refractivity contribution in [3.05, 3.63) is 66.7 Å². The van der Waals surface area contributed by atoms with Gasteiger partial charge in [0.25, 0.3) is 0 Å². The van der Waals surface area contributed by atoms with E-state index in [9.17, 15) is 4.39 Å². The van der Waals surface area contributed by atoms with Crippen molar-refractivity contribution in [2.75, 3.05) is 31.1 Å². The zero-order valence-electron chi connectivity index (χ0n) is 17.8. The highest BCUT2D eigenvalue weighted by atomic mass is 19.1. The number of hydrogen-bond donors (Lipinski definition) is 1. The highest BCUT2D eigenvalue weighted by Crippen LogP contribution is 2.40. The average Bonchev–Trinajstić information content (AvgIpc) is 3.42. The van der Waals surface area contributed by atoms with Crippen LogP contribution in [0.2, 0.25) is 0 Å². The molecule has 32 heavy (non-hydrogen) atoms. The highest BCUT2D eigenvalue weighted by Gasteiger charge is 2.39. The predicted octanol–water partition coefficient (Wildman–Crippen LogP) is 4.18. The number of pyridine rings is 1. The van der Waals surface area contributed by atoms with Crippen molar-refractivity contribution in [1.29, 1.82) is 0 Å². The Hall–Kier alpha value is -3.32. The lowest BCUT2D eigenvalue weighted by atomic mass is 9.78. The topological polar surface area (TPSA) is 58.4 Å². The first-order valence-corrected chi connectivity index (χ1v) is 11.2. The second-order valence-electron chi connectivity index (χ2n) is 8.93. The lowest BCUT2D eigenvalue weighted by Gasteiger charge is -2.33. The Morgan fingerprint density at radius 2 is 1.66 bits per heavy atom. The summed E-state index contributed by atoms with van der Waals surface area (Å²) in [4.78, 5) is 11.5. The van der Waals surface area contributed by atoms with E-state index in [1.165, 1.54) is 31.4 Å². The van der Waals surface area contributed by atoms with Gasteiger partial charge in [-0.25, -0.2) is 13.9 Å². The quantitative estimate of drug-likeness (QED) is 0.531. The second kappa shape index (κ2) is 7.67. The summed E-state index contributed by atoms with van der Waals surface area (Å²) in [5, 5.41) is 8.53. The molecule has 0 amide bonds. The molecule has 1 aromatic carbocycles. The van der Waals surface area contributed by atoms with Gasteiger partial charge in [-0.1, -0.05) is 0 Å². The number of aromatic nitrogens is 4. The maximum atomic E-state index is 13.6. The molecule has 0 aliphatic carbocycles. The van der Waals surface area contributed by atoms with Gasteiger partial charge in [0, 0.05) is 36.6 Å². The minimum Gasteiger partial charge on any atom is -0.355 e. The maximum absolute atomic E-state index is 13.6. The maximum Gasteiger partial charge on any atom is 0.155 e. The van der Waals surface area contributed by atoms with Gasteiger partial charge in [-0.3, -0.25) is 4.98 Å². The lowest BCUT2D eigenvalue weighted by molar-refractivity contribution is 0.232. The summed E-state index contributed by atoms with van der Waals surface area (Å²) >= 11 is 0. The number of anilines is 1. The SMILES string of the molecule is Fc1ccc(-c2nc3ccc(N4CCC5(CCNCC5)C4)nn3c2-c2ccncc2)cc1. The van der Waals surface area contributed by atoms with E-state index in [0.29, 0.717) is 5.41 Å². The third-order valence-corrected chi connectivity index (χ3v) is 6.96. The van der Waals surface area contributed by atoms with E-state index >= 15 is 0 Å². The third kappa shape index (κ3) is 3.33. The van der Waals surface area contributed by atoms with Crippen molar-refractivity contribution in [2.45, 2.75) is 19.3 Å². The van der Waals surface area contributed by atoms with E-state index < -0.39 is 0 Å². The average molecular weight is 429 g/mol. The molecule has 1 spiro atoms. The minimum atomic E-state index is -0.260. The van der Waals surface area contributed by atoms with Crippen LogP contribution in [0.4, 0.5) is 10.2 Å². The summed E-state index contributed by atoms with van der Waals surface area (Å²) in [5.74, 6) is 0.718. The zero-order chi connectivity index (χ0) is 21.5. The van der Waals surface area contributed by atoms with Gasteiger partial charge < -0.3 is 10.2 Å². The number of rotatable bonds is 3. The molecule has 0 saturated carbocycles. The van der Waals surface area contributed by atoms with Gasteiger partial charge in [-0.2, -0.15) is 0 Å². The second-order valence-corrected chi connectivity index (χ2v) is 8.93. The van der Waals surface area contributed by atoms with Crippen LogP contribution in [0, 0.1) is 11.2 Å². The molecule has 4 aromatic rings. The summed E-state index contributed by atoms with van der Waals surface area (Å²) in [6.45, 7) is 4.30. The van der Waals surface area contributed by atoms with E-state index in [2.05, 4.69) is 21.3 Å². The van der Waals surface area contributed by atoms with Gasteiger partial charge in [0.2, 0.25) is 0 Å². The summed E-state index contributed by atoms with van der Waals surface area (Å²) in [6, 6.07) is 14.5. The van der Waals surface area contributed by atoms with Crippen LogP contribution in [0.25, 0.3) is 28.2 Å². The molecule has 2 aliphatic rings. The van der Waals surface area contributed by atoms with Crippen LogP contribution < -0.4 is 10.2 Å². The summed E-state index contributed by atoms with van der Waals surface area (Å²) < 4.78 is 15.5. The Balaban J connectivity index is 1.45. The van der Waals surface area contributed by atoms with Crippen LogP contribution in [-0.2, 0) is 0 Å². The molecule has 0 radical (unpaired) electrons. The predicted molar refractivity (Wildman–Crippen MR) is 123 cm³/mol. The van der Waals surface area contributed by atoms with Gasteiger partial charge in [0.1, 0.15) is 17.3 Å². The molecule has 6 nitrogen and oxygen atoms in total. The molecule has 0 unspecified atom stereocenters. The molecule has 5 heterocycles. The number of halogens is 1. The Morgan fingerprint density at radius 1 is 0.875 bits per heavy atom. The largest absolute Gasteiger partial charge is 0.355 e. The number of fused-ring (bicyclic) bond motifs is 1. The van der Waals surface area contributed by atoms with Crippen LogP contribution in [-0.4, -0.2) is 45.8 Å². The molecule has 0 bridgehead atoms. The molecule has 6 rings (SSSR count). The molecular formula is C25H25FN6. The molecule has 2 fully saturated rings. The van der Waals surface area contributed by atoms with Crippen LogP contribution in [0.1, 0.15) is 19.3 Å². The van der Waals surface area contributed by atoms with Crippen molar-refractivity contribution >= 4 is 11.5 Å². The van der Waals surface area contributed by atoms with Crippen molar-refractivity contribution in [1.82, 2.24) is 24.9 Å². The Bertz CT molecular complexity index is 1240. The lowest BCUT2D eigenvalue weighted by Crippen LogP contribution is -2.38. The van der Waals surface area contributed by atoms with E-state index in [-0.39, 0.29) is 5.82 Å². The normalized spacial score (nSPS) is 18.0. The van der Waals surface area contributed by atoms with Crippen molar-refractivity contribution in [3.63, 3.8) is 0 Å². The van der Waals surface area contributed by atoms with E-state index in [0.717, 1.165) is 60.2 Å². The van der Waals surface area contributed by atoms with Gasteiger partial charge in [-0.15, -0.1) is 5.10 Å². The fraction of sp³-hybridized carbons (Fsp3) is 0.320. The third-order valence-electron chi connectivity index (χ3n) is 6.96. The van der Waals surface area contributed by atoms with Crippen molar-refractivity contribution in [2.24, 2.45) is 5.41 Å². The fourth-order valence-corrected chi connectivity index (χ4v) is 5.17. The van der Waals surface area contributed by atoms with E-state index in [4.69, 9.17) is 10.1 Å². The number of benzene rings is 1. The standard InChI is InChI=1S/C25H25FN6/c26-20-3-1-18(2-4-20)23-24(19-7-12-27-13-8-19)32-21(29-23)5-6-22(30-32)31-16-11-25(17-31)9-14-28-15-10-25/h1-8,12-13,28H,9-11,14-17H2. The first-order valence-electron chi connectivity index (χ1n) is 11.2. The van der Waals surface area contributed by atoms with Gasteiger partial charge in [0.05, 0.1) is 5.69 Å². The molecule has 1 N–H and O–H groups in total. The number of nitrogens with zero attached hydrogens (tertiary/aromatic N) is 5. The minimum absolute atomic E-state index is 0.260. The zero-order valence-corrected chi connectivity index (χ0v) is 17.8. The molecule has 0 atom stereocenters. The molecule has 3 aromatic heterocycles. The fourth-order valence-electron chi connectivity index (χ4n) is 5.17. The number of hydrogen-bond acceptors (Lipinski definition) is 5. The number of nitrogens with one attached hydrogen (secondary N) is 1. The Morgan fingerprint density at radius 3 is 2.44 bits per heavy atom. The van der Waals surface area contributed by atoms with Crippen LogP contribution in [0.15, 0.2) is 60.9 Å². The summed E-state index contributed by atoms with van der Waals surface area (Å²) in [6.07, 6.45) is 7.22. The Labute approximate surface area is 186 Å². The van der Waals surface area contributed by atoms with Gasteiger partial charge >= 0.3 is 0 Å². The van der Waals surface area contributed by atoms with Gasteiger partial charge in [0.15, 0.2) is 5.65 Å². The summed E-state index contributed by atoms with van der Waals surface area (Å²) in [7, 11) is 0. The van der Waals surface area contributed by atoms with Crippen LogP contribution in [0.3, 0.4) is 0 Å². The molecule has 162 valence electrons. The number of imidazole rings is 1. The van der Waals surface area contributed by atoms with Crippen LogP contribution in [0.5, 0.6) is 0 Å². The molecule has 7 heteroatoms. The van der Waals surface area contributed by atoms with Crippen molar-refractivity contribution in [3.8, 4) is 22.5 Å². The van der Waals surface area contributed by atoms with Crippen LogP contribution >= 0.6 is 0 Å². The van der Waals surface area contributed by atoms with E-state index in [1.807, 2.05) is 22.7 Å². The molecular weight excluding hydrogens is 403 g/mol. The first kappa shape index (κ1) is 19.4. The Kier molecular flexibility index (Phi) is 4.64. The highest BCUT2D eigenvalue weighted by molar-refractivity contribution is 5.81.